The Bertz CT molecular complexity index is 1310. The van der Waals surface area contributed by atoms with Gasteiger partial charge in [0.1, 0.15) is 5.82 Å². The Balaban J connectivity index is 1.45. The molecular formula is C24H20N4O. The number of aromatic amines is 1. The van der Waals surface area contributed by atoms with Gasteiger partial charge in [0, 0.05) is 16.7 Å². The average Bonchev–Trinajstić information content (AvgIpc) is 3.34. The number of imidazole rings is 1. The van der Waals surface area contributed by atoms with Gasteiger partial charge in [0.05, 0.1) is 11.0 Å². The lowest BCUT2D eigenvalue weighted by molar-refractivity contribution is 0.432. The minimum absolute atomic E-state index is 0.531. The number of aromatic nitrogens is 4. The van der Waals surface area contributed by atoms with Gasteiger partial charge in [-0.05, 0) is 50.6 Å². The smallest absolute Gasteiger partial charge is 0.258 e. The molecule has 0 aliphatic heterocycles. The summed E-state index contributed by atoms with van der Waals surface area (Å²) in [6.07, 6.45) is 0. The molecule has 0 saturated carbocycles. The molecule has 0 aliphatic carbocycles. The third-order valence-corrected chi connectivity index (χ3v) is 4.95. The molecule has 0 aliphatic rings. The van der Waals surface area contributed by atoms with Crippen molar-refractivity contribution in [2.24, 2.45) is 0 Å². The second-order valence-electron chi connectivity index (χ2n) is 7.48. The summed E-state index contributed by atoms with van der Waals surface area (Å²) in [6.45, 7) is 6.19. The van der Waals surface area contributed by atoms with E-state index in [4.69, 9.17) is 9.51 Å². The molecule has 0 amide bonds. The molecule has 5 heteroatoms. The van der Waals surface area contributed by atoms with Crippen LogP contribution in [-0.4, -0.2) is 20.1 Å². The number of rotatable bonds is 3. The summed E-state index contributed by atoms with van der Waals surface area (Å²) in [4.78, 5) is 12.7. The van der Waals surface area contributed by atoms with Crippen molar-refractivity contribution in [1.29, 1.82) is 0 Å². The fourth-order valence-corrected chi connectivity index (χ4v) is 3.59. The molecule has 0 unspecified atom stereocenters. The Morgan fingerprint density at radius 2 is 1.41 bits per heavy atom. The van der Waals surface area contributed by atoms with Crippen LogP contribution in [0.15, 0.2) is 65.2 Å². The Morgan fingerprint density at radius 3 is 2.17 bits per heavy atom. The van der Waals surface area contributed by atoms with Crippen molar-refractivity contribution in [3.63, 3.8) is 0 Å². The van der Waals surface area contributed by atoms with Crippen molar-refractivity contribution in [3.05, 3.63) is 77.4 Å². The predicted octanol–water partition coefficient (Wildman–Crippen LogP) is 5.87. The maximum absolute atomic E-state index is 5.50. The van der Waals surface area contributed by atoms with Gasteiger partial charge in [-0.25, -0.2) is 4.98 Å². The van der Waals surface area contributed by atoms with E-state index in [0.29, 0.717) is 11.7 Å². The highest BCUT2D eigenvalue weighted by molar-refractivity contribution is 5.80. The van der Waals surface area contributed by atoms with Gasteiger partial charge in [-0.15, -0.1) is 0 Å². The van der Waals surface area contributed by atoms with Crippen molar-refractivity contribution in [2.75, 3.05) is 0 Å². The summed E-state index contributed by atoms with van der Waals surface area (Å²) in [5.74, 6) is 1.95. The van der Waals surface area contributed by atoms with Gasteiger partial charge in [-0.1, -0.05) is 52.7 Å². The topological polar surface area (TPSA) is 67.6 Å². The molecule has 142 valence electrons. The minimum Gasteiger partial charge on any atom is -0.338 e. The summed E-state index contributed by atoms with van der Waals surface area (Å²) >= 11 is 0. The van der Waals surface area contributed by atoms with Crippen LogP contribution < -0.4 is 0 Å². The molecule has 0 bridgehead atoms. The van der Waals surface area contributed by atoms with Crippen LogP contribution in [0, 0.1) is 20.8 Å². The van der Waals surface area contributed by atoms with Crippen molar-refractivity contribution in [3.8, 4) is 34.2 Å². The predicted molar refractivity (Wildman–Crippen MR) is 114 cm³/mol. The van der Waals surface area contributed by atoms with E-state index in [1.165, 1.54) is 16.7 Å². The van der Waals surface area contributed by atoms with Crippen molar-refractivity contribution in [2.45, 2.75) is 20.8 Å². The van der Waals surface area contributed by atoms with Crippen LogP contribution >= 0.6 is 0 Å². The van der Waals surface area contributed by atoms with Gasteiger partial charge in [0.2, 0.25) is 5.82 Å². The van der Waals surface area contributed by atoms with Crippen LogP contribution in [-0.2, 0) is 0 Å². The van der Waals surface area contributed by atoms with Gasteiger partial charge in [0.25, 0.3) is 5.89 Å². The van der Waals surface area contributed by atoms with E-state index in [0.717, 1.165) is 33.5 Å². The van der Waals surface area contributed by atoms with E-state index in [1.54, 1.807) is 0 Å². The summed E-state index contributed by atoms with van der Waals surface area (Å²) in [5, 5.41) is 4.16. The molecule has 5 rings (SSSR count). The molecule has 0 fully saturated rings. The SMILES string of the molecule is Cc1cc(C)cc(-c2nc(-c3ccc(-c4nc5cc(C)ccc5[nH]4)cc3)no2)c1. The summed E-state index contributed by atoms with van der Waals surface area (Å²) < 4.78 is 5.50. The van der Waals surface area contributed by atoms with E-state index >= 15 is 0 Å². The minimum atomic E-state index is 0.531. The molecule has 3 aromatic carbocycles. The van der Waals surface area contributed by atoms with Crippen LogP contribution in [0.2, 0.25) is 0 Å². The number of benzene rings is 3. The summed E-state index contributed by atoms with van der Waals surface area (Å²) in [5.41, 5.74) is 8.40. The van der Waals surface area contributed by atoms with E-state index in [-0.39, 0.29) is 0 Å². The maximum atomic E-state index is 5.50. The molecule has 2 aromatic heterocycles. The number of hydrogen-bond donors (Lipinski definition) is 1. The molecule has 5 nitrogen and oxygen atoms in total. The molecule has 0 saturated heterocycles. The lowest BCUT2D eigenvalue weighted by Crippen LogP contribution is -1.85. The Kier molecular flexibility index (Phi) is 4.02. The zero-order valence-corrected chi connectivity index (χ0v) is 16.5. The monoisotopic (exact) mass is 380 g/mol. The highest BCUT2D eigenvalue weighted by Gasteiger charge is 2.12. The average molecular weight is 380 g/mol. The first-order chi connectivity index (χ1) is 14.0. The molecule has 5 aromatic rings. The van der Waals surface area contributed by atoms with Crippen LogP contribution in [0.1, 0.15) is 16.7 Å². The van der Waals surface area contributed by atoms with Crippen molar-refractivity contribution >= 4 is 11.0 Å². The second-order valence-corrected chi connectivity index (χ2v) is 7.48. The molecule has 29 heavy (non-hydrogen) atoms. The third-order valence-electron chi connectivity index (χ3n) is 4.95. The number of aryl methyl sites for hydroxylation is 3. The van der Waals surface area contributed by atoms with Crippen LogP contribution in [0.4, 0.5) is 0 Å². The van der Waals surface area contributed by atoms with Crippen molar-refractivity contribution < 1.29 is 4.52 Å². The van der Waals surface area contributed by atoms with Gasteiger partial charge >= 0.3 is 0 Å². The number of fused-ring (bicyclic) bond motifs is 1. The molecule has 0 radical (unpaired) electrons. The lowest BCUT2D eigenvalue weighted by atomic mass is 10.1. The fourth-order valence-electron chi connectivity index (χ4n) is 3.59. The Morgan fingerprint density at radius 1 is 0.690 bits per heavy atom. The first kappa shape index (κ1) is 17.4. The Labute approximate surface area is 168 Å². The first-order valence-electron chi connectivity index (χ1n) is 9.55. The zero-order valence-electron chi connectivity index (χ0n) is 16.5. The normalized spacial score (nSPS) is 11.3. The molecule has 0 atom stereocenters. The molecule has 0 spiro atoms. The second kappa shape index (κ2) is 6.71. The highest BCUT2D eigenvalue weighted by atomic mass is 16.5. The van der Waals surface area contributed by atoms with Crippen LogP contribution in [0.3, 0.4) is 0 Å². The molecular weight excluding hydrogens is 360 g/mol. The van der Waals surface area contributed by atoms with Gasteiger partial charge in [-0.2, -0.15) is 4.98 Å². The number of hydrogen-bond acceptors (Lipinski definition) is 4. The van der Waals surface area contributed by atoms with E-state index in [2.05, 4.69) is 72.3 Å². The molecule has 2 heterocycles. The van der Waals surface area contributed by atoms with Crippen LogP contribution in [0.25, 0.3) is 45.3 Å². The van der Waals surface area contributed by atoms with E-state index in [1.807, 2.05) is 24.3 Å². The quantitative estimate of drug-likeness (QED) is 0.425. The molecule has 1 N–H and O–H groups in total. The standard InChI is InChI=1S/C24H20N4O/c1-14-4-9-20-21(13-14)26-22(25-20)17-5-7-18(8-6-17)23-27-24(29-28-23)19-11-15(2)10-16(3)12-19/h4-13H,1-3H3,(H,25,26). The number of nitrogens with one attached hydrogen (secondary N) is 1. The third kappa shape index (κ3) is 3.31. The number of H-pyrrole nitrogens is 1. The van der Waals surface area contributed by atoms with E-state index < -0.39 is 0 Å². The first-order valence-corrected chi connectivity index (χ1v) is 9.55. The van der Waals surface area contributed by atoms with Gasteiger partial charge in [-0.3, -0.25) is 0 Å². The van der Waals surface area contributed by atoms with Gasteiger partial charge in [0.15, 0.2) is 0 Å². The Hall–Kier alpha value is -3.73. The fraction of sp³-hybridized carbons (Fsp3) is 0.125. The zero-order chi connectivity index (χ0) is 20.0. The maximum Gasteiger partial charge on any atom is 0.258 e. The highest BCUT2D eigenvalue weighted by Crippen LogP contribution is 2.26. The van der Waals surface area contributed by atoms with E-state index in [9.17, 15) is 0 Å². The summed E-state index contributed by atoms with van der Waals surface area (Å²) in [6, 6.07) is 20.5. The lowest BCUT2D eigenvalue weighted by Gasteiger charge is -2.00. The van der Waals surface area contributed by atoms with Crippen molar-refractivity contribution in [1.82, 2.24) is 20.1 Å². The number of nitrogens with zero attached hydrogens (tertiary/aromatic N) is 3. The van der Waals surface area contributed by atoms with Gasteiger partial charge < -0.3 is 9.51 Å². The largest absolute Gasteiger partial charge is 0.338 e. The van der Waals surface area contributed by atoms with Crippen LogP contribution in [0.5, 0.6) is 0 Å². The summed E-state index contributed by atoms with van der Waals surface area (Å²) in [7, 11) is 0.